The maximum atomic E-state index is 12.5. The summed E-state index contributed by atoms with van der Waals surface area (Å²) in [7, 11) is 0. The fraction of sp³-hybridized carbons (Fsp3) is 0.619. The lowest BCUT2D eigenvalue weighted by Crippen LogP contribution is -2.16. The van der Waals surface area contributed by atoms with Crippen LogP contribution >= 0.6 is 23.1 Å². The van der Waals surface area contributed by atoms with Crippen LogP contribution < -0.4 is 5.32 Å². The number of carbonyl (C=O) groups excluding carboxylic acids is 1. The summed E-state index contributed by atoms with van der Waals surface area (Å²) < 4.78 is 2.27. The van der Waals surface area contributed by atoms with Gasteiger partial charge >= 0.3 is 0 Å². The fourth-order valence-electron chi connectivity index (χ4n) is 4.40. The number of fused-ring (bicyclic) bond motifs is 1. The van der Waals surface area contributed by atoms with E-state index in [1.165, 1.54) is 43.4 Å². The predicted octanol–water partition coefficient (Wildman–Crippen LogP) is 5.02. The maximum Gasteiger partial charge on any atom is 0.225 e. The smallest absolute Gasteiger partial charge is 0.225 e. The first-order valence-corrected chi connectivity index (χ1v) is 12.4. The number of aromatic nitrogens is 3. The van der Waals surface area contributed by atoms with Crippen LogP contribution in [0, 0.1) is 18.3 Å². The van der Waals surface area contributed by atoms with Crippen molar-refractivity contribution in [3.8, 4) is 6.07 Å². The normalized spacial score (nSPS) is 17.0. The largest absolute Gasteiger partial charge is 0.317 e. The highest BCUT2D eigenvalue weighted by atomic mass is 32.2. The molecule has 0 saturated heterocycles. The lowest BCUT2D eigenvalue weighted by atomic mass is 9.95. The van der Waals surface area contributed by atoms with Gasteiger partial charge in [0.2, 0.25) is 5.91 Å². The maximum absolute atomic E-state index is 12.5. The Balaban J connectivity index is 1.35. The fourth-order valence-corrected chi connectivity index (χ4v) is 6.65. The summed E-state index contributed by atoms with van der Waals surface area (Å²) in [4.78, 5) is 13.8. The van der Waals surface area contributed by atoms with Crippen LogP contribution in [0.4, 0.5) is 5.00 Å². The molecule has 2 aliphatic carbocycles. The molecular formula is C21H27N5OS2. The Morgan fingerprint density at radius 2 is 2.03 bits per heavy atom. The third-order valence-electron chi connectivity index (χ3n) is 5.87. The molecule has 8 heteroatoms. The second-order valence-electron chi connectivity index (χ2n) is 7.87. The highest BCUT2D eigenvalue weighted by Gasteiger charge is 2.23. The molecule has 1 fully saturated rings. The predicted molar refractivity (Wildman–Crippen MR) is 117 cm³/mol. The first kappa shape index (κ1) is 20.4. The molecule has 2 aliphatic rings. The van der Waals surface area contributed by atoms with Gasteiger partial charge in [0.1, 0.15) is 16.9 Å². The first-order valence-electron chi connectivity index (χ1n) is 10.6. The summed E-state index contributed by atoms with van der Waals surface area (Å²) in [6.07, 6.45) is 10.9. The number of anilines is 1. The zero-order valence-electron chi connectivity index (χ0n) is 16.9. The highest BCUT2D eigenvalue weighted by molar-refractivity contribution is 7.99. The Morgan fingerprint density at radius 1 is 1.24 bits per heavy atom. The highest BCUT2D eigenvalue weighted by Crippen LogP contribution is 2.38. The molecule has 0 aromatic carbocycles. The van der Waals surface area contributed by atoms with Crippen molar-refractivity contribution < 1.29 is 4.79 Å². The van der Waals surface area contributed by atoms with Crippen LogP contribution in [0.3, 0.4) is 0 Å². The van der Waals surface area contributed by atoms with E-state index in [9.17, 15) is 10.1 Å². The number of hydrogen-bond donors (Lipinski definition) is 1. The molecule has 0 spiro atoms. The Morgan fingerprint density at radius 3 is 2.83 bits per heavy atom. The molecule has 0 unspecified atom stereocenters. The van der Waals surface area contributed by atoms with Gasteiger partial charge in [-0.25, -0.2) is 0 Å². The van der Waals surface area contributed by atoms with Gasteiger partial charge in [-0.05, 0) is 51.0 Å². The second-order valence-corrected chi connectivity index (χ2v) is 10.0. The van der Waals surface area contributed by atoms with E-state index in [-0.39, 0.29) is 5.91 Å². The molecule has 1 amide bonds. The van der Waals surface area contributed by atoms with Gasteiger partial charge in [-0.15, -0.1) is 21.5 Å². The number of carbonyl (C=O) groups is 1. The molecule has 2 aromatic rings. The van der Waals surface area contributed by atoms with Gasteiger partial charge in [0.05, 0.1) is 5.56 Å². The summed E-state index contributed by atoms with van der Waals surface area (Å²) in [5.74, 6) is 1.59. The van der Waals surface area contributed by atoms with E-state index < -0.39 is 0 Å². The minimum Gasteiger partial charge on any atom is -0.317 e. The van der Waals surface area contributed by atoms with Gasteiger partial charge in [0.15, 0.2) is 5.16 Å². The van der Waals surface area contributed by atoms with Crippen molar-refractivity contribution >= 4 is 34.0 Å². The van der Waals surface area contributed by atoms with Crippen molar-refractivity contribution in [2.24, 2.45) is 0 Å². The number of rotatable bonds is 6. The molecule has 6 nitrogen and oxygen atoms in total. The summed E-state index contributed by atoms with van der Waals surface area (Å²) in [6.45, 7) is 2.01. The minimum absolute atomic E-state index is 0.0342. The van der Waals surface area contributed by atoms with Crippen LogP contribution in [0.2, 0.25) is 0 Å². The Bertz CT molecular complexity index is 920. The molecule has 2 heterocycles. The number of nitrogens with zero attached hydrogens (tertiary/aromatic N) is 4. The monoisotopic (exact) mass is 429 g/mol. The Labute approximate surface area is 180 Å². The molecule has 29 heavy (non-hydrogen) atoms. The topological polar surface area (TPSA) is 83.6 Å². The summed E-state index contributed by atoms with van der Waals surface area (Å²) >= 11 is 3.19. The van der Waals surface area contributed by atoms with E-state index in [0.29, 0.717) is 23.8 Å². The van der Waals surface area contributed by atoms with E-state index in [1.54, 1.807) is 23.1 Å². The third kappa shape index (κ3) is 4.51. The SMILES string of the molecule is Cc1nnc(SCCC(=O)Nc2sc3c(c2C#N)CCCC3)n1C1CCCCC1. The van der Waals surface area contributed by atoms with Gasteiger partial charge in [-0.3, -0.25) is 4.79 Å². The van der Waals surface area contributed by atoms with E-state index in [0.717, 1.165) is 40.8 Å². The van der Waals surface area contributed by atoms with Crippen LogP contribution in [0.25, 0.3) is 0 Å². The minimum atomic E-state index is -0.0342. The average molecular weight is 430 g/mol. The number of hydrogen-bond acceptors (Lipinski definition) is 6. The van der Waals surface area contributed by atoms with Crippen molar-refractivity contribution in [2.45, 2.75) is 82.3 Å². The molecule has 0 atom stereocenters. The molecule has 0 bridgehead atoms. The van der Waals surface area contributed by atoms with Crippen molar-refractivity contribution in [3.63, 3.8) is 0 Å². The Hall–Kier alpha value is -1.85. The number of nitriles is 1. The Kier molecular flexibility index (Phi) is 6.56. The number of thioether (sulfide) groups is 1. The van der Waals surface area contributed by atoms with Crippen molar-refractivity contribution in [1.82, 2.24) is 14.8 Å². The lowest BCUT2D eigenvalue weighted by molar-refractivity contribution is -0.115. The lowest BCUT2D eigenvalue weighted by Gasteiger charge is -2.24. The number of nitrogens with one attached hydrogen (secondary N) is 1. The quantitative estimate of drug-likeness (QED) is 0.652. The van der Waals surface area contributed by atoms with Crippen LogP contribution in [-0.2, 0) is 17.6 Å². The van der Waals surface area contributed by atoms with E-state index in [1.807, 2.05) is 6.92 Å². The molecule has 2 aromatic heterocycles. The summed E-state index contributed by atoms with van der Waals surface area (Å²) in [6, 6.07) is 2.80. The zero-order chi connectivity index (χ0) is 20.2. The molecule has 0 radical (unpaired) electrons. The molecule has 154 valence electrons. The van der Waals surface area contributed by atoms with Gasteiger partial charge < -0.3 is 9.88 Å². The third-order valence-corrected chi connectivity index (χ3v) is 8.02. The number of aryl methyl sites for hydroxylation is 2. The molecule has 0 aliphatic heterocycles. The van der Waals surface area contributed by atoms with E-state index >= 15 is 0 Å². The van der Waals surface area contributed by atoms with Gasteiger partial charge in [-0.1, -0.05) is 31.0 Å². The average Bonchev–Trinajstić information content (AvgIpc) is 3.28. The van der Waals surface area contributed by atoms with Crippen molar-refractivity contribution in [2.75, 3.05) is 11.1 Å². The van der Waals surface area contributed by atoms with Gasteiger partial charge in [-0.2, -0.15) is 5.26 Å². The number of thiophene rings is 1. The van der Waals surface area contributed by atoms with Gasteiger partial charge in [0, 0.05) is 23.1 Å². The summed E-state index contributed by atoms with van der Waals surface area (Å²) in [5, 5.41) is 22.8. The first-order chi connectivity index (χ1) is 14.2. The van der Waals surface area contributed by atoms with Crippen molar-refractivity contribution in [3.05, 3.63) is 21.8 Å². The van der Waals surface area contributed by atoms with E-state index in [4.69, 9.17) is 0 Å². The van der Waals surface area contributed by atoms with Crippen LogP contribution in [0.15, 0.2) is 5.16 Å². The second kappa shape index (κ2) is 9.31. The molecule has 1 saturated carbocycles. The summed E-state index contributed by atoms with van der Waals surface area (Å²) in [5.41, 5.74) is 1.84. The molecular weight excluding hydrogens is 402 g/mol. The van der Waals surface area contributed by atoms with Crippen molar-refractivity contribution in [1.29, 1.82) is 5.26 Å². The molecule has 1 N–H and O–H groups in total. The van der Waals surface area contributed by atoms with Gasteiger partial charge in [0.25, 0.3) is 0 Å². The number of amides is 1. The van der Waals surface area contributed by atoms with Crippen LogP contribution in [-0.4, -0.2) is 26.4 Å². The van der Waals surface area contributed by atoms with Crippen LogP contribution in [0.5, 0.6) is 0 Å². The van der Waals surface area contributed by atoms with Crippen LogP contribution in [0.1, 0.15) is 79.2 Å². The molecule has 4 rings (SSSR count). The standard InChI is InChI=1S/C21H27N5OS2/c1-14-24-25-21(26(14)15-7-3-2-4-8-15)28-12-11-19(27)23-20-17(13-22)16-9-5-6-10-18(16)29-20/h15H,2-12H2,1H3,(H,23,27). The zero-order valence-corrected chi connectivity index (χ0v) is 18.5. The van der Waals surface area contributed by atoms with E-state index in [2.05, 4.69) is 26.2 Å².